The highest BCUT2D eigenvalue weighted by molar-refractivity contribution is 6.04. The number of nitrogens with one attached hydrogen (secondary N) is 1. The average Bonchev–Trinajstić information content (AvgIpc) is 2.63. The van der Waals surface area contributed by atoms with Gasteiger partial charge in [-0.15, -0.1) is 0 Å². The number of carbonyl (C=O) groups is 2. The molecule has 5 nitrogen and oxygen atoms in total. The number of ether oxygens (including phenoxy) is 1. The summed E-state index contributed by atoms with van der Waals surface area (Å²) in [5, 5.41) is 2.55. The van der Waals surface area contributed by atoms with Crippen molar-refractivity contribution in [3.8, 4) is 0 Å². The number of furan rings is 1. The van der Waals surface area contributed by atoms with Gasteiger partial charge in [0.2, 0.25) is 5.91 Å². The normalized spacial score (nSPS) is 12.3. The summed E-state index contributed by atoms with van der Waals surface area (Å²) < 4.78 is 9.82. The minimum absolute atomic E-state index is 0.140. The quantitative estimate of drug-likeness (QED) is 0.644. The van der Waals surface area contributed by atoms with Crippen LogP contribution < -0.4 is 5.32 Å². The van der Waals surface area contributed by atoms with E-state index in [-0.39, 0.29) is 5.92 Å². The monoisotopic (exact) mass is 239 g/mol. The van der Waals surface area contributed by atoms with Crippen LogP contribution in [0.1, 0.15) is 19.6 Å². The molecule has 0 aromatic carbocycles. The lowest BCUT2D eigenvalue weighted by Gasteiger charge is -2.16. The minimum Gasteiger partial charge on any atom is -0.468 e. The molecule has 1 heterocycles. The van der Waals surface area contributed by atoms with Crippen LogP contribution in [0.3, 0.4) is 0 Å². The van der Waals surface area contributed by atoms with E-state index in [0.29, 0.717) is 11.6 Å². The van der Waals surface area contributed by atoms with Gasteiger partial charge in [0.25, 0.3) is 0 Å². The van der Waals surface area contributed by atoms with Crippen LogP contribution in [0.25, 0.3) is 0 Å². The van der Waals surface area contributed by atoms with E-state index in [1.807, 2.05) is 0 Å². The molecule has 1 aromatic rings. The molecule has 0 fully saturated rings. The molecule has 0 saturated carbocycles. The second kappa shape index (κ2) is 5.52. The van der Waals surface area contributed by atoms with Crippen molar-refractivity contribution in [2.24, 2.45) is 11.8 Å². The van der Waals surface area contributed by atoms with Crippen molar-refractivity contribution in [3.63, 3.8) is 0 Å². The smallest absolute Gasteiger partial charge is 0.318 e. The van der Waals surface area contributed by atoms with Gasteiger partial charge >= 0.3 is 5.97 Å². The number of methoxy groups -OCH3 is 1. The number of esters is 1. The summed E-state index contributed by atoms with van der Waals surface area (Å²) >= 11 is 0. The molecule has 0 radical (unpaired) electrons. The van der Waals surface area contributed by atoms with Gasteiger partial charge in [0, 0.05) is 6.07 Å². The first-order chi connectivity index (χ1) is 7.95. The highest BCUT2D eigenvalue weighted by atomic mass is 16.5. The number of anilines is 1. The van der Waals surface area contributed by atoms with Crippen LogP contribution >= 0.6 is 0 Å². The van der Waals surface area contributed by atoms with Crippen molar-refractivity contribution in [1.82, 2.24) is 0 Å². The van der Waals surface area contributed by atoms with E-state index in [2.05, 4.69) is 10.1 Å². The van der Waals surface area contributed by atoms with Crippen molar-refractivity contribution in [1.29, 1.82) is 0 Å². The standard InChI is InChI=1S/C12H17NO4/c1-7(2)10(12(15)16-4)11(14)13-9-6-5-8(3)17-9/h5-7,10H,1-4H3,(H,13,14). The Morgan fingerprint density at radius 2 is 2.00 bits per heavy atom. The molecule has 1 aromatic heterocycles. The molecule has 0 aliphatic rings. The Morgan fingerprint density at radius 1 is 1.35 bits per heavy atom. The van der Waals surface area contributed by atoms with Crippen molar-refractivity contribution < 1.29 is 18.7 Å². The molecule has 1 amide bonds. The molecule has 1 unspecified atom stereocenters. The largest absolute Gasteiger partial charge is 0.468 e. The van der Waals surface area contributed by atoms with Crippen molar-refractivity contribution in [2.45, 2.75) is 20.8 Å². The van der Waals surface area contributed by atoms with E-state index in [4.69, 9.17) is 4.42 Å². The van der Waals surface area contributed by atoms with E-state index in [1.54, 1.807) is 32.9 Å². The number of hydrogen-bond donors (Lipinski definition) is 1. The lowest BCUT2D eigenvalue weighted by molar-refractivity contribution is -0.150. The highest BCUT2D eigenvalue weighted by Gasteiger charge is 2.31. The summed E-state index contributed by atoms with van der Waals surface area (Å²) in [6, 6.07) is 3.38. The van der Waals surface area contributed by atoms with Gasteiger partial charge in [0.1, 0.15) is 11.7 Å². The first kappa shape index (κ1) is 13.3. The van der Waals surface area contributed by atoms with Crippen molar-refractivity contribution in [3.05, 3.63) is 17.9 Å². The Bertz CT molecular complexity index is 408. The number of aryl methyl sites for hydroxylation is 1. The van der Waals surface area contributed by atoms with E-state index in [1.165, 1.54) is 7.11 Å². The molecule has 1 atom stereocenters. The molecular weight excluding hydrogens is 222 g/mol. The number of hydrogen-bond acceptors (Lipinski definition) is 4. The fourth-order valence-electron chi connectivity index (χ4n) is 1.51. The topological polar surface area (TPSA) is 68.5 Å². The van der Waals surface area contributed by atoms with Crippen LogP contribution in [-0.2, 0) is 14.3 Å². The van der Waals surface area contributed by atoms with Gasteiger partial charge in [-0.05, 0) is 18.9 Å². The third-order valence-electron chi connectivity index (χ3n) is 2.39. The molecular formula is C12H17NO4. The zero-order valence-corrected chi connectivity index (χ0v) is 10.4. The predicted octanol–water partition coefficient (Wildman–Crippen LogP) is 1.97. The average molecular weight is 239 g/mol. The minimum atomic E-state index is -0.828. The molecule has 0 aliphatic carbocycles. The maximum Gasteiger partial charge on any atom is 0.318 e. The molecule has 5 heteroatoms. The molecule has 0 bridgehead atoms. The molecule has 17 heavy (non-hydrogen) atoms. The highest BCUT2D eigenvalue weighted by Crippen LogP contribution is 2.18. The predicted molar refractivity (Wildman–Crippen MR) is 62.4 cm³/mol. The summed E-state index contributed by atoms with van der Waals surface area (Å²) in [5.74, 6) is -0.896. The Balaban J connectivity index is 2.75. The maximum atomic E-state index is 11.9. The Morgan fingerprint density at radius 3 is 2.41 bits per heavy atom. The number of rotatable bonds is 4. The van der Waals surface area contributed by atoms with E-state index >= 15 is 0 Å². The number of amides is 1. The molecule has 94 valence electrons. The van der Waals surface area contributed by atoms with Crippen LogP contribution in [0.2, 0.25) is 0 Å². The van der Waals surface area contributed by atoms with Crippen LogP contribution in [0.15, 0.2) is 16.5 Å². The lowest BCUT2D eigenvalue weighted by Crippen LogP contribution is -2.34. The summed E-state index contributed by atoms with van der Waals surface area (Å²) in [6.45, 7) is 5.35. The van der Waals surface area contributed by atoms with Crippen molar-refractivity contribution in [2.75, 3.05) is 12.4 Å². The van der Waals surface area contributed by atoms with Gasteiger partial charge in [-0.2, -0.15) is 0 Å². The van der Waals surface area contributed by atoms with Gasteiger partial charge in [-0.25, -0.2) is 0 Å². The molecule has 0 aliphatic heterocycles. The zero-order valence-electron chi connectivity index (χ0n) is 10.4. The third-order valence-corrected chi connectivity index (χ3v) is 2.39. The van der Waals surface area contributed by atoms with Crippen LogP contribution in [-0.4, -0.2) is 19.0 Å². The fraction of sp³-hybridized carbons (Fsp3) is 0.500. The Labute approximate surface area is 100 Å². The summed E-state index contributed by atoms with van der Waals surface area (Å²) in [4.78, 5) is 23.4. The zero-order chi connectivity index (χ0) is 13.0. The molecule has 0 saturated heterocycles. The summed E-state index contributed by atoms with van der Waals surface area (Å²) in [7, 11) is 1.27. The van der Waals surface area contributed by atoms with Crippen LogP contribution in [0, 0.1) is 18.8 Å². The first-order valence-corrected chi connectivity index (χ1v) is 5.40. The second-order valence-corrected chi connectivity index (χ2v) is 4.14. The molecule has 0 spiro atoms. The summed E-state index contributed by atoms with van der Waals surface area (Å²) in [5.41, 5.74) is 0. The maximum absolute atomic E-state index is 11.9. The summed E-state index contributed by atoms with van der Waals surface area (Å²) in [6.07, 6.45) is 0. The van der Waals surface area contributed by atoms with E-state index in [0.717, 1.165) is 0 Å². The van der Waals surface area contributed by atoms with Gasteiger partial charge in [-0.3, -0.25) is 14.9 Å². The van der Waals surface area contributed by atoms with E-state index in [9.17, 15) is 9.59 Å². The Hall–Kier alpha value is -1.78. The third kappa shape index (κ3) is 3.34. The van der Waals surface area contributed by atoms with Crippen molar-refractivity contribution >= 4 is 17.8 Å². The van der Waals surface area contributed by atoms with Crippen LogP contribution in [0.5, 0.6) is 0 Å². The SMILES string of the molecule is COC(=O)C(C(=O)Nc1ccc(C)o1)C(C)C. The van der Waals surface area contributed by atoms with Gasteiger partial charge in [0.05, 0.1) is 7.11 Å². The van der Waals surface area contributed by atoms with Gasteiger partial charge in [0.15, 0.2) is 5.88 Å². The number of carbonyl (C=O) groups excluding carboxylic acids is 2. The Kier molecular flexibility index (Phi) is 4.31. The van der Waals surface area contributed by atoms with Gasteiger partial charge < -0.3 is 9.15 Å². The van der Waals surface area contributed by atoms with Crippen LogP contribution in [0.4, 0.5) is 5.88 Å². The second-order valence-electron chi connectivity index (χ2n) is 4.14. The molecule has 1 rings (SSSR count). The van der Waals surface area contributed by atoms with Gasteiger partial charge in [-0.1, -0.05) is 13.8 Å². The van der Waals surface area contributed by atoms with E-state index < -0.39 is 17.8 Å². The fourth-order valence-corrected chi connectivity index (χ4v) is 1.51. The molecule has 1 N–H and O–H groups in total. The lowest BCUT2D eigenvalue weighted by atomic mass is 9.95. The first-order valence-electron chi connectivity index (χ1n) is 5.40.